The first kappa shape index (κ1) is 16.5. The van der Waals surface area contributed by atoms with E-state index in [0.29, 0.717) is 18.5 Å². The van der Waals surface area contributed by atoms with Gasteiger partial charge in [-0.15, -0.1) is 0 Å². The van der Waals surface area contributed by atoms with Crippen molar-refractivity contribution in [3.63, 3.8) is 0 Å². The van der Waals surface area contributed by atoms with Crippen LogP contribution in [0, 0.1) is 5.92 Å². The van der Waals surface area contributed by atoms with Crippen LogP contribution in [0.3, 0.4) is 0 Å². The van der Waals surface area contributed by atoms with Gasteiger partial charge in [-0.05, 0) is 50.6 Å². The van der Waals surface area contributed by atoms with Crippen LogP contribution >= 0.6 is 0 Å². The highest BCUT2D eigenvalue weighted by Gasteiger charge is 2.34. The van der Waals surface area contributed by atoms with E-state index in [0.717, 1.165) is 25.6 Å². The summed E-state index contributed by atoms with van der Waals surface area (Å²) in [5.74, 6) is 1.14. The van der Waals surface area contributed by atoms with Crippen LogP contribution in [-0.4, -0.2) is 41.4 Å². The zero-order valence-corrected chi connectivity index (χ0v) is 14.4. The van der Waals surface area contributed by atoms with Crippen molar-refractivity contribution >= 4 is 5.91 Å². The smallest absolute Gasteiger partial charge is 0.237 e. The molecular formula is C20H30N2O. The first-order valence-corrected chi connectivity index (χ1v) is 9.33. The fraction of sp³-hybridized carbons (Fsp3) is 0.650. The van der Waals surface area contributed by atoms with Crippen LogP contribution in [0.2, 0.25) is 0 Å². The Morgan fingerprint density at radius 2 is 1.87 bits per heavy atom. The number of likely N-dealkylation sites (tertiary alicyclic amines) is 1. The molecule has 2 unspecified atom stereocenters. The molecule has 1 aliphatic carbocycles. The van der Waals surface area contributed by atoms with Crippen LogP contribution in [0.5, 0.6) is 0 Å². The van der Waals surface area contributed by atoms with Crippen molar-refractivity contribution in [1.82, 2.24) is 9.80 Å². The second-order valence-corrected chi connectivity index (χ2v) is 7.12. The fourth-order valence-electron chi connectivity index (χ4n) is 4.38. The molecule has 3 nitrogen and oxygen atoms in total. The monoisotopic (exact) mass is 314 g/mol. The van der Waals surface area contributed by atoms with Crippen LogP contribution in [-0.2, 0) is 11.3 Å². The zero-order valence-electron chi connectivity index (χ0n) is 14.4. The minimum atomic E-state index is 0.294. The molecule has 0 radical (unpaired) electrons. The Hall–Kier alpha value is -1.35. The number of nitrogens with zero attached hydrogens (tertiary/aromatic N) is 2. The molecule has 1 aromatic rings. The molecule has 23 heavy (non-hydrogen) atoms. The lowest BCUT2D eigenvalue weighted by Gasteiger charge is -2.44. The predicted molar refractivity (Wildman–Crippen MR) is 94.1 cm³/mol. The van der Waals surface area contributed by atoms with Crippen molar-refractivity contribution in [3.05, 3.63) is 35.9 Å². The summed E-state index contributed by atoms with van der Waals surface area (Å²) < 4.78 is 0. The van der Waals surface area contributed by atoms with Gasteiger partial charge >= 0.3 is 0 Å². The number of carbonyl (C=O) groups is 1. The predicted octanol–water partition coefficient (Wildman–Crippen LogP) is 3.69. The molecule has 0 spiro atoms. The third-order valence-electron chi connectivity index (χ3n) is 5.65. The third-order valence-corrected chi connectivity index (χ3v) is 5.65. The average Bonchev–Trinajstić information content (AvgIpc) is 2.61. The van der Waals surface area contributed by atoms with Gasteiger partial charge in [0, 0.05) is 19.1 Å². The minimum absolute atomic E-state index is 0.294. The lowest BCUT2D eigenvalue weighted by atomic mass is 9.78. The number of fused-ring (bicyclic) bond motifs is 1. The maximum atomic E-state index is 12.8. The molecule has 1 saturated carbocycles. The summed E-state index contributed by atoms with van der Waals surface area (Å²) in [7, 11) is 0. The Balaban J connectivity index is 1.60. The van der Waals surface area contributed by atoms with E-state index in [1.807, 2.05) is 23.1 Å². The number of amides is 1. The molecule has 1 heterocycles. The van der Waals surface area contributed by atoms with E-state index < -0.39 is 0 Å². The quantitative estimate of drug-likeness (QED) is 0.827. The van der Waals surface area contributed by atoms with E-state index in [9.17, 15) is 4.79 Å². The Kier molecular flexibility index (Phi) is 5.71. The molecule has 2 fully saturated rings. The SMILES string of the molecule is CCN(Cc1ccccc1)C(=O)CN1CCCC2CCCCC21. The normalized spacial score (nSPS) is 24.9. The summed E-state index contributed by atoms with van der Waals surface area (Å²) in [5.41, 5.74) is 1.22. The number of rotatable bonds is 5. The van der Waals surface area contributed by atoms with E-state index >= 15 is 0 Å². The number of likely N-dealkylation sites (N-methyl/N-ethyl adjacent to an activating group) is 1. The third kappa shape index (κ3) is 4.14. The van der Waals surface area contributed by atoms with Gasteiger partial charge in [0.15, 0.2) is 0 Å². The first-order chi connectivity index (χ1) is 11.3. The molecule has 1 saturated heterocycles. The van der Waals surface area contributed by atoms with Crippen LogP contribution in [0.4, 0.5) is 0 Å². The summed E-state index contributed by atoms with van der Waals surface area (Å²) in [6.07, 6.45) is 8.03. The molecule has 3 heteroatoms. The second-order valence-electron chi connectivity index (χ2n) is 7.12. The molecule has 0 aromatic heterocycles. The van der Waals surface area contributed by atoms with Crippen molar-refractivity contribution in [2.45, 2.75) is 58.0 Å². The van der Waals surface area contributed by atoms with E-state index in [4.69, 9.17) is 0 Å². The summed E-state index contributed by atoms with van der Waals surface area (Å²) in [6, 6.07) is 11.0. The molecule has 0 N–H and O–H groups in total. The van der Waals surface area contributed by atoms with Crippen molar-refractivity contribution in [2.75, 3.05) is 19.6 Å². The lowest BCUT2D eigenvalue weighted by molar-refractivity contribution is -0.134. The number of benzene rings is 1. The molecule has 3 rings (SSSR count). The Bertz CT molecular complexity index is 500. The van der Waals surface area contributed by atoms with Crippen molar-refractivity contribution in [3.8, 4) is 0 Å². The molecule has 2 aliphatic rings. The van der Waals surface area contributed by atoms with Gasteiger partial charge in [0.25, 0.3) is 0 Å². The summed E-state index contributed by atoms with van der Waals surface area (Å²) in [4.78, 5) is 17.3. The fourth-order valence-corrected chi connectivity index (χ4v) is 4.38. The van der Waals surface area contributed by atoms with Gasteiger partial charge in [-0.1, -0.05) is 43.2 Å². The summed E-state index contributed by atoms with van der Waals surface area (Å²) in [5, 5.41) is 0. The van der Waals surface area contributed by atoms with Gasteiger partial charge in [0.1, 0.15) is 0 Å². The van der Waals surface area contributed by atoms with Crippen LogP contribution < -0.4 is 0 Å². The lowest BCUT2D eigenvalue weighted by Crippen LogP contribution is -2.51. The first-order valence-electron chi connectivity index (χ1n) is 9.33. The highest BCUT2D eigenvalue weighted by Crippen LogP contribution is 2.35. The van der Waals surface area contributed by atoms with E-state index in [1.165, 1.54) is 44.1 Å². The highest BCUT2D eigenvalue weighted by atomic mass is 16.2. The zero-order chi connectivity index (χ0) is 16.1. The Labute approximate surface area is 140 Å². The maximum Gasteiger partial charge on any atom is 0.237 e. The van der Waals surface area contributed by atoms with Crippen LogP contribution in [0.25, 0.3) is 0 Å². The highest BCUT2D eigenvalue weighted by molar-refractivity contribution is 5.78. The number of hydrogen-bond acceptors (Lipinski definition) is 2. The second kappa shape index (κ2) is 7.96. The Morgan fingerprint density at radius 1 is 1.13 bits per heavy atom. The summed E-state index contributed by atoms with van der Waals surface area (Å²) in [6.45, 7) is 5.33. The van der Waals surface area contributed by atoms with Crippen molar-refractivity contribution in [2.24, 2.45) is 5.92 Å². The number of carbonyl (C=O) groups excluding carboxylic acids is 1. The Morgan fingerprint density at radius 3 is 2.65 bits per heavy atom. The van der Waals surface area contributed by atoms with Crippen LogP contribution in [0.15, 0.2) is 30.3 Å². The van der Waals surface area contributed by atoms with E-state index in [-0.39, 0.29) is 0 Å². The van der Waals surface area contributed by atoms with Gasteiger partial charge in [-0.2, -0.15) is 0 Å². The minimum Gasteiger partial charge on any atom is -0.338 e. The molecule has 2 atom stereocenters. The summed E-state index contributed by atoms with van der Waals surface area (Å²) >= 11 is 0. The number of piperidine rings is 1. The average molecular weight is 314 g/mol. The van der Waals surface area contributed by atoms with Gasteiger partial charge in [0.2, 0.25) is 5.91 Å². The molecule has 1 aromatic carbocycles. The topological polar surface area (TPSA) is 23.6 Å². The van der Waals surface area contributed by atoms with E-state index in [2.05, 4.69) is 24.0 Å². The standard InChI is InChI=1S/C20H30N2O/c1-2-21(15-17-9-4-3-5-10-17)20(23)16-22-14-8-12-18-11-6-7-13-19(18)22/h3-5,9-10,18-19H,2,6-8,11-16H2,1H3. The van der Waals surface area contributed by atoms with Gasteiger partial charge in [0.05, 0.1) is 6.54 Å². The molecule has 0 bridgehead atoms. The van der Waals surface area contributed by atoms with Gasteiger partial charge < -0.3 is 4.90 Å². The van der Waals surface area contributed by atoms with Gasteiger partial charge in [-0.3, -0.25) is 9.69 Å². The van der Waals surface area contributed by atoms with Crippen molar-refractivity contribution in [1.29, 1.82) is 0 Å². The largest absolute Gasteiger partial charge is 0.338 e. The number of hydrogen-bond donors (Lipinski definition) is 0. The maximum absolute atomic E-state index is 12.8. The van der Waals surface area contributed by atoms with Crippen LogP contribution in [0.1, 0.15) is 51.0 Å². The van der Waals surface area contributed by atoms with Crippen molar-refractivity contribution < 1.29 is 4.79 Å². The molecule has 126 valence electrons. The van der Waals surface area contributed by atoms with E-state index in [1.54, 1.807) is 0 Å². The molecule has 1 aliphatic heterocycles. The van der Waals surface area contributed by atoms with Gasteiger partial charge in [-0.25, -0.2) is 0 Å². The molecular weight excluding hydrogens is 284 g/mol. The molecule has 1 amide bonds.